The first-order chi connectivity index (χ1) is 10.8. The Morgan fingerprint density at radius 1 is 1.00 bits per heavy atom. The molecule has 0 saturated carbocycles. The number of hydrogen-bond acceptors (Lipinski definition) is 3. The van der Waals surface area contributed by atoms with Crippen molar-refractivity contribution in [2.45, 2.75) is 46.5 Å². The molecule has 0 atom stereocenters. The fraction of sp³-hybridized carbons (Fsp3) is 0.474. The van der Waals surface area contributed by atoms with Crippen molar-refractivity contribution in [2.24, 2.45) is 0 Å². The molecule has 1 aromatic heterocycles. The van der Waals surface area contributed by atoms with E-state index in [9.17, 15) is 4.39 Å². The van der Waals surface area contributed by atoms with Gasteiger partial charge in [-0.15, -0.1) is 0 Å². The van der Waals surface area contributed by atoms with Crippen molar-refractivity contribution in [2.75, 3.05) is 18.5 Å². The van der Waals surface area contributed by atoms with Crippen LogP contribution in [0.5, 0.6) is 0 Å². The van der Waals surface area contributed by atoms with E-state index >= 15 is 0 Å². The highest BCUT2D eigenvalue weighted by Crippen LogP contribution is 2.34. The summed E-state index contributed by atoms with van der Waals surface area (Å²) in [7, 11) is 1.99. The number of rotatable bonds is 5. The van der Waals surface area contributed by atoms with Gasteiger partial charge in [0.2, 0.25) is 5.95 Å². The molecule has 1 heterocycles. The summed E-state index contributed by atoms with van der Waals surface area (Å²) in [5, 5.41) is 0. The minimum atomic E-state index is -0.233. The van der Waals surface area contributed by atoms with Gasteiger partial charge in [0.15, 0.2) is 0 Å². The van der Waals surface area contributed by atoms with E-state index in [1.807, 2.05) is 11.9 Å². The molecule has 4 heteroatoms. The number of anilines is 1. The van der Waals surface area contributed by atoms with Gasteiger partial charge in [0.25, 0.3) is 0 Å². The number of halogens is 1. The molecule has 2 aromatic rings. The van der Waals surface area contributed by atoms with Crippen molar-refractivity contribution in [1.29, 1.82) is 0 Å². The topological polar surface area (TPSA) is 29.0 Å². The molecule has 1 aromatic carbocycles. The van der Waals surface area contributed by atoms with Crippen LogP contribution in [0, 0.1) is 5.82 Å². The van der Waals surface area contributed by atoms with Crippen LogP contribution in [-0.2, 0) is 0 Å². The second-order valence-electron chi connectivity index (χ2n) is 6.50. The third-order valence-corrected chi connectivity index (χ3v) is 4.02. The molecule has 0 N–H and O–H groups in total. The predicted molar refractivity (Wildman–Crippen MR) is 94.5 cm³/mol. The molecule has 3 nitrogen and oxygen atoms in total. The van der Waals surface area contributed by atoms with Crippen LogP contribution in [0.1, 0.15) is 57.7 Å². The molecular formula is C19H26FN3. The summed E-state index contributed by atoms with van der Waals surface area (Å²) in [5.41, 5.74) is 4.07. The zero-order valence-corrected chi connectivity index (χ0v) is 14.9. The van der Waals surface area contributed by atoms with Gasteiger partial charge in [0, 0.05) is 24.7 Å². The van der Waals surface area contributed by atoms with Gasteiger partial charge in [0.05, 0.1) is 11.4 Å². The summed E-state index contributed by atoms with van der Waals surface area (Å²) in [6.07, 6.45) is 0. The molecule has 0 aliphatic heterocycles. The van der Waals surface area contributed by atoms with Gasteiger partial charge in [-0.25, -0.2) is 14.4 Å². The van der Waals surface area contributed by atoms with E-state index in [4.69, 9.17) is 9.97 Å². The molecule has 0 bridgehead atoms. The zero-order chi connectivity index (χ0) is 17.1. The molecule has 0 fully saturated rings. The summed E-state index contributed by atoms with van der Waals surface area (Å²) in [5.74, 6) is 1.09. The molecule has 0 amide bonds. The lowest BCUT2D eigenvalue weighted by molar-refractivity contribution is 0.628. The van der Waals surface area contributed by atoms with Crippen molar-refractivity contribution >= 4 is 5.95 Å². The maximum absolute atomic E-state index is 13.3. The lowest BCUT2D eigenvalue weighted by Gasteiger charge is -2.23. The van der Waals surface area contributed by atoms with E-state index in [0.29, 0.717) is 11.8 Å². The molecule has 0 spiro atoms. The number of benzene rings is 1. The van der Waals surface area contributed by atoms with Crippen molar-refractivity contribution in [1.82, 2.24) is 9.97 Å². The monoisotopic (exact) mass is 315 g/mol. The summed E-state index contributed by atoms with van der Waals surface area (Å²) >= 11 is 0. The van der Waals surface area contributed by atoms with Gasteiger partial charge in [-0.2, -0.15) is 0 Å². The Kier molecular flexibility index (Phi) is 5.34. The van der Waals surface area contributed by atoms with Crippen molar-refractivity contribution in [3.05, 3.63) is 41.3 Å². The predicted octanol–water partition coefficient (Wildman–Crippen LogP) is 4.99. The summed E-state index contributed by atoms with van der Waals surface area (Å²) in [6, 6.07) is 6.56. The summed E-state index contributed by atoms with van der Waals surface area (Å²) < 4.78 is 13.3. The lowest BCUT2D eigenvalue weighted by Crippen LogP contribution is -2.21. The van der Waals surface area contributed by atoms with Crippen molar-refractivity contribution in [3.63, 3.8) is 0 Å². The first-order valence-corrected chi connectivity index (χ1v) is 8.24. The first-order valence-electron chi connectivity index (χ1n) is 8.24. The van der Waals surface area contributed by atoms with E-state index in [1.165, 1.54) is 12.1 Å². The number of hydrogen-bond donors (Lipinski definition) is 0. The third-order valence-electron chi connectivity index (χ3n) is 4.02. The van der Waals surface area contributed by atoms with Crippen LogP contribution in [0.25, 0.3) is 11.3 Å². The molecular weight excluding hydrogens is 289 g/mol. The van der Waals surface area contributed by atoms with Crippen LogP contribution < -0.4 is 4.90 Å². The number of aromatic nitrogens is 2. The Hall–Kier alpha value is -1.97. The molecule has 0 aliphatic carbocycles. The highest BCUT2D eigenvalue weighted by atomic mass is 19.1. The molecule has 0 unspecified atom stereocenters. The molecule has 0 aliphatic rings. The Labute approximate surface area is 138 Å². The van der Waals surface area contributed by atoms with E-state index in [1.54, 1.807) is 12.1 Å². The highest BCUT2D eigenvalue weighted by molar-refractivity contribution is 5.66. The van der Waals surface area contributed by atoms with E-state index in [2.05, 4.69) is 34.6 Å². The SMILES string of the molecule is CCN(C)c1nc(-c2ccc(F)cc2)c(C(C)C)c(C(C)C)n1. The molecule has 23 heavy (non-hydrogen) atoms. The Balaban J connectivity index is 2.74. The summed E-state index contributed by atoms with van der Waals surface area (Å²) in [6.45, 7) is 11.5. The van der Waals surface area contributed by atoms with Gasteiger partial charge in [-0.3, -0.25) is 0 Å². The lowest BCUT2D eigenvalue weighted by atomic mass is 9.91. The molecule has 0 saturated heterocycles. The van der Waals surface area contributed by atoms with Crippen LogP contribution in [-0.4, -0.2) is 23.6 Å². The van der Waals surface area contributed by atoms with Crippen molar-refractivity contribution in [3.8, 4) is 11.3 Å². The third kappa shape index (κ3) is 3.69. The standard InChI is InChI=1S/C19H26FN3/c1-7-23(6)19-21-17(13(4)5)16(12(2)3)18(22-19)14-8-10-15(20)11-9-14/h8-13H,7H2,1-6H3. The van der Waals surface area contributed by atoms with Crippen molar-refractivity contribution < 1.29 is 4.39 Å². The fourth-order valence-corrected chi connectivity index (χ4v) is 2.62. The van der Waals surface area contributed by atoms with Crippen LogP contribution in [0.15, 0.2) is 24.3 Å². The smallest absolute Gasteiger partial charge is 0.225 e. The first kappa shape index (κ1) is 17.4. The largest absolute Gasteiger partial charge is 0.344 e. The molecule has 0 radical (unpaired) electrons. The van der Waals surface area contributed by atoms with Crippen LogP contribution in [0.4, 0.5) is 10.3 Å². The van der Waals surface area contributed by atoms with E-state index in [-0.39, 0.29) is 5.82 Å². The quantitative estimate of drug-likeness (QED) is 0.778. The molecule has 124 valence electrons. The minimum absolute atomic E-state index is 0.233. The zero-order valence-electron chi connectivity index (χ0n) is 14.9. The van der Waals surface area contributed by atoms with Gasteiger partial charge < -0.3 is 4.90 Å². The normalized spacial score (nSPS) is 11.3. The van der Waals surface area contributed by atoms with E-state index < -0.39 is 0 Å². The summed E-state index contributed by atoms with van der Waals surface area (Å²) in [4.78, 5) is 11.6. The highest BCUT2D eigenvalue weighted by Gasteiger charge is 2.21. The minimum Gasteiger partial charge on any atom is -0.344 e. The van der Waals surface area contributed by atoms with Gasteiger partial charge in [-0.05, 0) is 43.0 Å². The molecule has 2 rings (SSSR count). The maximum Gasteiger partial charge on any atom is 0.225 e. The second-order valence-corrected chi connectivity index (χ2v) is 6.50. The van der Waals surface area contributed by atoms with Gasteiger partial charge in [0.1, 0.15) is 5.82 Å². The second kappa shape index (κ2) is 7.07. The Bertz CT molecular complexity index is 663. The van der Waals surface area contributed by atoms with E-state index in [0.717, 1.165) is 35.0 Å². The Morgan fingerprint density at radius 2 is 1.61 bits per heavy atom. The Morgan fingerprint density at radius 3 is 2.09 bits per heavy atom. The fourth-order valence-electron chi connectivity index (χ4n) is 2.62. The average Bonchev–Trinajstić information content (AvgIpc) is 2.53. The maximum atomic E-state index is 13.3. The van der Waals surface area contributed by atoms with Crippen LogP contribution in [0.2, 0.25) is 0 Å². The van der Waals surface area contributed by atoms with Crippen LogP contribution in [0.3, 0.4) is 0 Å². The van der Waals surface area contributed by atoms with Gasteiger partial charge in [-0.1, -0.05) is 27.7 Å². The van der Waals surface area contributed by atoms with Crippen LogP contribution >= 0.6 is 0 Å². The average molecular weight is 315 g/mol. The number of nitrogens with zero attached hydrogens (tertiary/aromatic N) is 3. The van der Waals surface area contributed by atoms with Gasteiger partial charge >= 0.3 is 0 Å².